The highest BCUT2D eigenvalue weighted by Crippen LogP contribution is 1.85. The molecule has 0 amide bonds. The fourth-order valence-electron chi connectivity index (χ4n) is 1.01. The molecule has 0 saturated heterocycles. The zero-order chi connectivity index (χ0) is 8.15. The highest BCUT2D eigenvalue weighted by atomic mass is 28.3. The molecule has 0 heterocycles. The van der Waals surface area contributed by atoms with Gasteiger partial charge in [0.15, 0.2) is 0 Å². The van der Waals surface area contributed by atoms with Crippen molar-refractivity contribution < 1.29 is 0 Å². The topological polar surface area (TPSA) is 18.5 Å². The lowest BCUT2D eigenvalue weighted by molar-refractivity contribution is 0.495. The van der Waals surface area contributed by atoms with Gasteiger partial charge in [-0.05, 0) is 34.7 Å². The van der Waals surface area contributed by atoms with Crippen LogP contribution >= 0.6 is 0 Å². The van der Waals surface area contributed by atoms with Crippen LogP contribution in [0.3, 0.4) is 0 Å². The van der Waals surface area contributed by atoms with Gasteiger partial charge in [0.05, 0.1) is 0 Å². The zero-order valence-corrected chi connectivity index (χ0v) is 8.83. The second-order valence-corrected chi connectivity index (χ2v) is 6.08. The second-order valence-electron chi connectivity index (χ2n) is 2.86. The summed E-state index contributed by atoms with van der Waals surface area (Å²) in [4.78, 5) is 3.47. The van der Waals surface area contributed by atoms with Crippen molar-refractivity contribution >= 4 is 9.28 Å². The maximum atomic E-state index is 3.47. The van der Waals surface area contributed by atoms with Crippen LogP contribution in [-0.4, -0.2) is 53.1 Å². The van der Waals surface area contributed by atoms with E-state index in [4.69, 9.17) is 0 Å². The van der Waals surface area contributed by atoms with Gasteiger partial charge in [-0.2, -0.15) is 0 Å². The van der Waals surface area contributed by atoms with E-state index in [-0.39, 0.29) is 0 Å². The van der Waals surface area contributed by atoms with E-state index in [1.165, 1.54) is 0 Å². The minimum atomic E-state index is -0.964. The second kappa shape index (κ2) is 4.84. The summed E-state index contributed by atoms with van der Waals surface area (Å²) in [6.07, 6.45) is 0. The molecule has 0 spiro atoms. The first-order chi connectivity index (χ1) is 4.59. The predicted octanol–water partition coefficient (Wildman–Crippen LogP) is -0.564. The number of hydrogen-bond donors (Lipinski definition) is 1. The van der Waals surface area contributed by atoms with E-state index >= 15 is 0 Å². The summed E-state index contributed by atoms with van der Waals surface area (Å²) < 4.78 is 4.56. The molecule has 0 rings (SSSR count). The van der Waals surface area contributed by atoms with Crippen LogP contribution < -0.4 is 4.98 Å². The van der Waals surface area contributed by atoms with E-state index < -0.39 is 9.28 Å². The Morgan fingerprint density at radius 2 is 1.50 bits per heavy atom. The molecule has 0 bridgehead atoms. The van der Waals surface area contributed by atoms with Crippen LogP contribution in [0.25, 0.3) is 0 Å². The van der Waals surface area contributed by atoms with Crippen molar-refractivity contribution in [2.45, 2.75) is 6.92 Å². The Hall–Kier alpha value is 0.0969. The van der Waals surface area contributed by atoms with E-state index in [2.05, 4.69) is 49.2 Å². The van der Waals surface area contributed by atoms with Gasteiger partial charge in [0, 0.05) is 0 Å². The summed E-state index contributed by atoms with van der Waals surface area (Å²) in [5.74, 6) is 0. The van der Waals surface area contributed by atoms with Gasteiger partial charge in [0.2, 0.25) is 0 Å². The third-order valence-electron chi connectivity index (χ3n) is 1.36. The molecule has 0 aliphatic carbocycles. The Kier molecular flexibility index (Phi) is 4.89. The number of hydrogen-bond acceptors (Lipinski definition) is 3. The largest absolute Gasteiger partial charge is 0.316 e. The molecule has 3 nitrogen and oxygen atoms in total. The Morgan fingerprint density at radius 3 is 1.60 bits per heavy atom. The quantitative estimate of drug-likeness (QED) is 0.558. The van der Waals surface area contributed by atoms with Crippen LogP contribution in [0, 0.1) is 0 Å². The molecule has 4 heteroatoms. The van der Waals surface area contributed by atoms with Crippen molar-refractivity contribution in [3.05, 3.63) is 0 Å². The summed E-state index contributed by atoms with van der Waals surface area (Å²) in [7, 11) is 7.53. The summed E-state index contributed by atoms with van der Waals surface area (Å²) >= 11 is 0. The fraction of sp³-hybridized carbons (Fsp3) is 1.00. The van der Waals surface area contributed by atoms with Crippen molar-refractivity contribution in [1.29, 1.82) is 0 Å². The number of nitrogens with one attached hydrogen (secondary N) is 1. The molecule has 62 valence electrons. The smallest absolute Gasteiger partial charge is 0.269 e. The molecule has 0 saturated carbocycles. The van der Waals surface area contributed by atoms with Gasteiger partial charge < -0.3 is 14.1 Å². The van der Waals surface area contributed by atoms with Crippen molar-refractivity contribution in [1.82, 2.24) is 14.1 Å². The van der Waals surface area contributed by atoms with Gasteiger partial charge in [-0.15, -0.1) is 0 Å². The molecule has 0 aromatic rings. The molecule has 0 atom stereocenters. The Morgan fingerprint density at radius 1 is 1.10 bits per heavy atom. The minimum Gasteiger partial charge on any atom is -0.316 e. The lowest BCUT2D eigenvalue weighted by Crippen LogP contribution is -2.56. The molecule has 0 unspecified atom stereocenters. The molecule has 0 radical (unpaired) electrons. The molecule has 1 N–H and O–H groups in total. The highest BCUT2D eigenvalue weighted by molar-refractivity contribution is 6.49. The Bertz CT molecular complexity index is 77.1. The molecular formula is C6H19N3Si. The first kappa shape index (κ1) is 10.1. The van der Waals surface area contributed by atoms with Crippen LogP contribution in [0.5, 0.6) is 0 Å². The lowest BCUT2D eigenvalue weighted by atomic mass is 10.8. The molecule has 0 aliphatic rings. The van der Waals surface area contributed by atoms with Crippen molar-refractivity contribution in [3.8, 4) is 0 Å². The van der Waals surface area contributed by atoms with Crippen LogP contribution in [0.15, 0.2) is 0 Å². The molecular weight excluding hydrogens is 142 g/mol. The zero-order valence-electron chi connectivity index (χ0n) is 7.68. The fourth-order valence-corrected chi connectivity index (χ4v) is 3.03. The minimum absolute atomic E-state index is 0.964. The van der Waals surface area contributed by atoms with Crippen LogP contribution in [0.4, 0.5) is 0 Å². The van der Waals surface area contributed by atoms with Crippen LogP contribution in [0.2, 0.25) is 0 Å². The maximum Gasteiger partial charge on any atom is 0.269 e. The molecule has 0 aromatic carbocycles. The van der Waals surface area contributed by atoms with Gasteiger partial charge in [-0.25, -0.2) is 0 Å². The third kappa shape index (κ3) is 3.31. The van der Waals surface area contributed by atoms with E-state index in [0.717, 1.165) is 6.54 Å². The standard InChI is InChI=1S/C6H19N3Si/c1-6-7-10(8(2)3)9(4)5/h7,10H,6H2,1-5H3. The van der Waals surface area contributed by atoms with Crippen molar-refractivity contribution in [3.63, 3.8) is 0 Å². The average Bonchev–Trinajstić information content (AvgIpc) is 1.81. The summed E-state index contributed by atoms with van der Waals surface area (Å²) in [6, 6.07) is 0. The van der Waals surface area contributed by atoms with Crippen molar-refractivity contribution in [2.75, 3.05) is 34.7 Å². The average molecular weight is 161 g/mol. The van der Waals surface area contributed by atoms with Gasteiger partial charge >= 0.3 is 0 Å². The van der Waals surface area contributed by atoms with E-state index in [1.54, 1.807) is 0 Å². The maximum absolute atomic E-state index is 3.47. The van der Waals surface area contributed by atoms with Crippen LogP contribution in [-0.2, 0) is 0 Å². The van der Waals surface area contributed by atoms with Gasteiger partial charge in [0.25, 0.3) is 9.28 Å². The first-order valence-electron chi connectivity index (χ1n) is 3.65. The van der Waals surface area contributed by atoms with E-state index in [9.17, 15) is 0 Å². The summed E-state index contributed by atoms with van der Waals surface area (Å²) in [5, 5.41) is 0. The third-order valence-corrected chi connectivity index (χ3v) is 4.09. The lowest BCUT2D eigenvalue weighted by Gasteiger charge is -2.28. The van der Waals surface area contributed by atoms with E-state index in [1.807, 2.05) is 0 Å². The molecule has 0 fully saturated rings. The van der Waals surface area contributed by atoms with Crippen LogP contribution in [0.1, 0.15) is 6.92 Å². The van der Waals surface area contributed by atoms with Gasteiger partial charge in [0.1, 0.15) is 0 Å². The monoisotopic (exact) mass is 161 g/mol. The van der Waals surface area contributed by atoms with E-state index in [0.29, 0.717) is 0 Å². The van der Waals surface area contributed by atoms with Gasteiger partial charge in [-0.1, -0.05) is 6.92 Å². The normalized spacial score (nSPS) is 12.0. The Balaban J connectivity index is 3.73. The molecule has 0 aliphatic heterocycles. The summed E-state index contributed by atoms with van der Waals surface area (Å²) in [5.41, 5.74) is 0. The Labute approximate surface area is 65.9 Å². The van der Waals surface area contributed by atoms with Gasteiger partial charge in [-0.3, -0.25) is 0 Å². The SMILES string of the molecule is CCN[SiH](N(C)C)N(C)C. The first-order valence-corrected chi connectivity index (χ1v) is 5.26. The number of rotatable bonds is 4. The van der Waals surface area contributed by atoms with Crippen molar-refractivity contribution in [2.24, 2.45) is 0 Å². The highest BCUT2D eigenvalue weighted by Gasteiger charge is 2.14. The number of nitrogens with zero attached hydrogens (tertiary/aromatic N) is 2. The molecule has 0 aromatic heterocycles. The predicted molar refractivity (Wildman–Crippen MR) is 48.2 cm³/mol. The summed E-state index contributed by atoms with van der Waals surface area (Å²) in [6.45, 7) is 3.21. The molecule has 10 heavy (non-hydrogen) atoms.